The van der Waals surface area contributed by atoms with E-state index in [9.17, 15) is 9.59 Å². The Balaban J connectivity index is 1.60. The van der Waals surface area contributed by atoms with E-state index < -0.39 is 0 Å². The quantitative estimate of drug-likeness (QED) is 0.712. The van der Waals surface area contributed by atoms with Crippen molar-refractivity contribution in [1.82, 2.24) is 4.90 Å². The molecule has 0 aliphatic carbocycles. The van der Waals surface area contributed by atoms with Crippen LogP contribution in [0.5, 0.6) is 0 Å². The molecule has 2 heterocycles. The Hall–Kier alpha value is -3.40. The summed E-state index contributed by atoms with van der Waals surface area (Å²) in [6, 6.07) is 25.1. The monoisotopic (exact) mass is 354 g/mol. The summed E-state index contributed by atoms with van der Waals surface area (Å²) in [5.41, 5.74) is 4.04. The fraction of sp³-hybridized carbons (Fsp3) is 0.130. The Morgan fingerprint density at radius 3 is 2.19 bits per heavy atom. The minimum atomic E-state index is -0.375. The maximum atomic E-state index is 13.3. The van der Waals surface area contributed by atoms with E-state index in [4.69, 9.17) is 0 Å². The third-order valence-corrected chi connectivity index (χ3v) is 5.37. The highest BCUT2D eigenvalue weighted by Gasteiger charge is 2.47. The molecule has 3 aromatic rings. The molecule has 3 aromatic carbocycles. The van der Waals surface area contributed by atoms with Crippen molar-refractivity contribution >= 4 is 17.5 Å². The number of para-hydroxylation sites is 1. The highest BCUT2D eigenvalue weighted by atomic mass is 16.2. The number of benzene rings is 3. The third-order valence-electron chi connectivity index (χ3n) is 5.37. The van der Waals surface area contributed by atoms with Crippen molar-refractivity contribution in [3.63, 3.8) is 0 Å². The topological polar surface area (TPSA) is 40.6 Å². The molecule has 0 saturated carbocycles. The summed E-state index contributed by atoms with van der Waals surface area (Å²) in [5, 5.41) is 0. The lowest BCUT2D eigenvalue weighted by Crippen LogP contribution is -2.48. The molecule has 4 heteroatoms. The van der Waals surface area contributed by atoms with Crippen LogP contribution < -0.4 is 4.90 Å². The van der Waals surface area contributed by atoms with Crippen LogP contribution >= 0.6 is 0 Å². The molecule has 0 fully saturated rings. The molecule has 1 atom stereocenters. The maximum Gasteiger partial charge on any atom is 0.260 e. The number of anilines is 1. The van der Waals surface area contributed by atoms with Crippen molar-refractivity contribution in [1.29, 1.82) is 0 Å². The van der Waals surface area contributed by atoms with Crippen molar-refractivity contribution in [2.24, 2.45) is 0 Å². The first kappa shape index (κ1) is 15.8. The molecule has 2 amide bonds. The molecule has 132 valence electrons. The highest BCUT2D eigenvalue weighted by Crippen LogP contribution is 2.45. The summed E-state index contributed by atoms with van der Waals surface area (Å²) in [5.74, 6) is -0.0625. The van der Waals surface area contributed by atoms with Gasteiger partial charge in [0.05, 0.1) is 11.3 Å². The van der Waals surface area contributed by atoms with Gasteiger partial charge in [-0.2, -0.15) is 0 Å². The minimum Gasteiger partial charge on any atom is -0.313 e. The molecule has 0 saturated heterocycles. The molecule has 0 radical (unpaired) electrons. The van der Waals surface area contributed by atoms with E-state index in [1.165, 1.54) is 5.56 Å². The molecule has 0 bridgehead atoms. The van der Waals surface area contributed by atoms with Gasteiger partial charge >= 0.3 is 0 Å². The van der Waals surface area contributed by atoms with Crippen molar-refractivity contribution in [3.05, 3.63) is 101 Å². The summed E-state index contributed by atoms with van der Waals surface area (Å²) in [7, 11) is 0. The summed E-state index contributed by atoms with van der Waals surface area (Å²) >= 11 is 0. The van der Waals surface area contributed by atoms with E-state index in [2.05, 4.69) is 12.1 Å². The van der Waals surface area contributed by atoms with Crippen molar-refractivity contribution < 1.29 is 9.59 Å². The standard InChI is InChI=1S/C23H18N2O2/c26-22-19-12-6-7-13-20(19)25-21(17-10-4-5-11-18(17)23(25)27)24(22)15-14-16-8-2-1-3-9-16/h1-13,21H,14-15H2. The normalized spacial score (nSPS) is 17.6. The predicted molar refractivity (Wildman–Crippen MR) is 104 cm³/mol. The zero-order valence-electron chi connectivity index (χ0n) is 14.7. The van der Waals surface area contributed by atoms with Crippen molar-refractivity contribution in [3.8, 4) is 0 Å². The van der Waals surface area contributed by atoms with Crippen molar-refractivity contribution in [2.75, 3.05) is 11.4 Å². The van der Waals surface area contributed by atoms with Crippen LogP contribution in [0, 0.1) is 0 Å². The molecule has 1 unspecified atom stereocenters. The van der Waals surface area contributed by atoms with Crippen LogP contribution in [-0.4, -0.2) is 23.3 Å². The van der Waals surface area contributed by atoms with E-state index in [1.54, 1.807) is 11.0 Å². The van der Waals surface area contributed by atoms with Crippen LogP contribution in [-0.2, 0) is 6.42 Å². The number of carbonyl (C=O) groups is 2. The maximum absolute atomic E-state index is 13.3. The number of carbonyl (C=O) groups excluding carboxylic acids is 2. The van der Waals surface area contributed by atoms with Gasteiger partial charge in [-0.05, 0) is 30.2 Å². The first-order valence-electron chi connectivity index (χ1n) is 9.12. The van der Waals surface area contributed by atoms with Gasteiger partial charge in [0.2, 0.25) is 0 Å². The second-order valence-electron chi connectivity index (χ2n) is 6.89. The van der Waals surface area contributed by atoms with Gasteiger partial charge in [0.25, 0.3) is 11.8 Å². The van der Waals surface area contributed by atoms with E-state index >= 15 is 0 Å². The molecule has 0 N–H and O–H groups in total. The molecule has 5 rings (SSSR count). The van der Waals surface area contributed by atoms with Crippen LogP contribution in [0.25, 0.3) is 0 Å². The second-order valence-corrected chi connectivity index (χ2v) is 6.89. The molecule has 2 aliphatic rings. The van der Waals surface area contributed by atoms with Crippen LogP contribution in [0.3, 0.4) is 0 Å². The minimum absolute atomic E-state index is 0.0210. The number of fused-ring (bicyclic) bond motifs is 5. The molecule has 2 aliphatic heterocycles. The number of hydrogen-bond acceptors (Lipinski definition) is 2. The van der Waals surface area contributed by atoms with Gasteiger partial charge in [0.1, 0.15) is 6.17 Å². The zero-order valence-corrected chi connectivity index (χ0v) is 14.7. The van der Waals surface area contributed by atoms with Gasteiger partial charge in [-0.3, -0.25) is 14.5 Å². The van der Waals surface area contributed by atoms with Gasteiger partial charge < -0.3 is 4.90 Å². The Bertz CT molecular complexity index is 1050. The third kappa shape index (κ3) is 2.37. The summed E-state index contributed by atoms with van der Waals surface area (Å²) in [6.07, 6.45) is 0.370. The molecule has 0 spiro atoms. The number of nitrogens with zero attached hydrogens (tertiary/aromatic N) is 2. The van der Waals surface area contributed by atoms with Gasteiger partial charge in [-0.25, -0.2) is 0 Å². The lowest BCUT2D eigenvalue weighted by Gasteiger charge is -2.41. The average molecular weight is 354 g/mol. The number of rotatable bonds is 3. The van der Waals surface area contributed by atoms with Gasteiger partial charge in [0.15, 0.2) is 0 Å². The smallest absolute Gasteiger partial charge is 0.260 e. The fourth-order valence-electron chi connectivity index (χ4n) is 4.09. The van der Waals surface area contributed by atoms with Crippen LogP contribution in [0.1, 0.15) is 38.0 Å². The molecule has 4 nitrogen and oxygen atoms in total. The summed E-state index contributed by atoms with van der Waals surface area (Å²) in [6.45, 7) is 0.556. The van der Waals surface area contributed by atoms with E-state index in [0.717, 1.165) is 12.0 Å². The Kier molecular flexibility index (Phi) is 3.57. The molecule has 27 heavy (non-hydrogen) atoms. The van der Waals surface area contributed by atoms with Gasteiger partial charge in [0, 0.05) is 17.7 Å². The number of hydrogen-bond donors (Lipinski definition) is 0. The lowest BCUT2D eigenvalue weighted by atomic mass is 10.0. The Morgan fingerprint density at radius 2 is 1.37 bits per heavy atom. The molecule has 0 aromatic heterocycles. The van der Waals surface area contributed by atoms with Crippen LogP contribution in [0.4, 0.5) is 5.69 Å². The van der Waals surface area contributed by atoms with E-state index in [1.807, 2.05) is 65.6 Å². The molecular weight excluding hydrogens is 336 g/mol. The largest absolute Gasteiger partial charge is 0.313 e. The van der Waals surface area contributed by atoms with Crippen molar-refractivity contribution in [2.45, 2.75) is 12.6 Å². The summed E-state index contributed by atoms with van der Waals surface area (Å²) < 4.78 is 0. The zero-order chi connectivity index (χ0) is 18.4. The fourth-order valence-corrected chi connectivity index (χ4v) is 4.09. The van der Waals surface area contributed by atoms with E-state index in [-0.39, 0.29) is 18.0 Å². The first-order chi connectivity index (χ1) is 13.3. The summed E-state index contributed by atoms with van der Waals surface area (Å²) in [4.78, 5) is 30.0. The lowest BCUT2D eigenvalue weighted by molar-refractivity contribution is 0.0650. The average Bonchev–Trinajstić information content (AvgIpc) is 3.02. The van der Waals surface area contributed by atoms with Gasteiger partial charge in [-0.1, -0.05) is 60.7 Å². The highest BCUT2D eigenvalue weighted by molar-refractivity contribution is 6.16. The Labute approximate surface area is 157 Å². The number of amides is 2. The second kappa shape index (κ2) is 6.09. The molecular formula is C23H18N2O2. The van der Waals surface area contributed by atoms with Crippen LogP contribution in [0.15, 0.2) is 78.9 Å². The Morgan fingerprint density at radius 1 is 0.704 bits per heavy atom. The SMILES string of the molecule is O=C1c2ccccc2N2C(=O)c3ccccc3C2N1CCc1ccccc1. The predicted octanol–water partition coefficient (Wildman–Crippen LogP) is 4.04. The van der Waals surface area contributed by atoms with Crippen LogP contribution in [0.2, 0.25) is 0 Å². The first-order valence-corrected chi connectivity index (χ1v) is 9.12. The van der Waals surface area contributed by atoms with Gasteiger partial charge in [-0.15, -0.1) is 0 Å². The van der Waals surface area contributed by atoms with E-state index in [0.29, 0.717) is 23.4 Å².